The maximum atomic E-state index is 6.35. The van der Waals surface area contributed by atoms with E-state index in [0.717, 1.165) is 35.6 Å². The summed E-state index contributed by atoms with van der Waals surface area (Å²) in [5.74, 6) is 1.67. The van der Waals surface area contributed by atoms with Gasteiger partial charge in [0.25, 0.3) is 0 Å². The summed E-state index contributed by atoms with van der Waals surface area (Å²) in [5, 5.41) is 4.18. The third-order valence-corrected chi connectivity index (χ3v) is 4.41. The molecule has 2 rings (SSSR count). The average molecular weight is 284 g/mol. The summed E-state index contributed by atoms with van der Waals surface area (Å²) in [5.41, 5.74) is 3.25. The molecule has 1 heterocycles. The number of ether oxygens (including phenoxy) is 2. The second-order valence-electron chi connectivity index (χ2n) is 5.11. The summed E-state index contributed by atoms with van der Waals surface area (Å²) in [6, 6.07) is 0.526. The highest BCUT2D eigenvalue weighted by atomic mass is 35.5. The Hall–Kier alpha value is -0.930. The normalized spacial score (nSPS) is 18.7. The molecule has 0 bridgehead atoms. The van der Waals surface area contributed by atoms with Gasteiger partial charge in [-0.25, -0.2) is 0 Å². The fraction of sp³-hybridized carbons (Fsp3) is 0.600. The Kier molecular flexibility index (Phi) is 4.58. The van der Waals surface area contributed by atoms with Gasteiger partial charge in [-0.15, -0.1) is 0 Å². The molecular formula is C15H22ClNO2. The highest BCUT2D eigenvalue weighted by molar-refractivity contribution is 6.33. The minimum absolute atomic E-state index is 0.526. The molecule has 1 unspecified atom stereocenters. The molecule has 4 heteroatoms. The number of hydrogen-bond acceptors (Lipinski definition) is 3. The molecule has 106 valence electrons. The van der Waals surface area contributed by atoms with Crippen molar-refractivity contribution in [3.05, 3.63) is 21.7 Å². The summed E-state index contributed by atoms with van der Waals surface area (Å²) in [4.78, 5) is 0. The van der Waals surface area contributed by atoms with E-state index in [-0.39, 0.29) is 0 Å². The van der Waals surface area contributed by atoms with E-state index in [0.29, 0.717) is 11.1 Å². The van der Waals surface area contributed by atoms with Crippen molar-refractivity contribution in [2.24, 2.45) is 0 Å². The van der Waals surface area contributed by atoms with E-state index in [2.05, 4.69) is 12.2 Å². The molecule has 1 aliphatic heterocycles. The molecule has 0 amide bonds. The smallest absolute Gasteiger partial charge is 0.141 e. The van der Waals surface area contributed by atoms with Crippen molar-refractivity contribution in [1.29, 1.82) is 0 Å². The van der Waals surface area contributed by atoms with Gasteiger partial charge in [0.15, 0.2) is 0 Å². The zero-order valence-corrected chi connectivity index (χ0v) is 12.9. The molecule has 19 heavy (non-hydrogen) atoms. The molecule has 1 aromatic rings. The fourth-order valence-electron chi connectivity index (χ4n) is 2.91. The lowest BCUT2D eigenvalue weighted by molar-refractivity contribution is 0.391. The lowest BCUT2D eigenvalue weighted by atomic mass is 9.95. The number of methoxy groups -OCH3 is 2. The molecule has 1 aliphatic rings. The van der Waals surface area contributed by atoms with Crippen LogP contribution in [-0.2, 0) is 6.42 Å². The maximum Gasteiger partial charge on any atom is 0.141 e. The van der Waals surface area contributed by atoms with E-state index >= 15 is 0 Å². The van der Waals surface area contributed by atoms with Crippen molar-refractivity contribution in [2.45, 2.75) is 39.2 Å². The third-order valence-electron chi connectivity index (χ3n) is 3.96. The van der Waals surface area contributed by atoms with Gasteiger partial charge in [0, 0.05) is 17.2 Å². The van der Waals surface area contributed by atoms with Gasteiger partial charge in [-0.2, -0.15) is 0 Å². The van der Waals surface area contributed by atoms with Gasteiger partial charge < -0.3 is 14.8 Å². The van der Waals surface area contributed by atoms with Gasteiger partial charge in [-0.1, -0.05) is 11.6 Å². The first kappa shape index (κ1) is 14.5. The minimum atomic E-state index is 0.526. The molecule has 0 spiro atoms. The first-order valence-corrected chi connectivity index (χ1v) is 7.10. The number of nitrogens with one attached hydrogen (secondary N) is 1. The molecular weight excluding hydrogens is 262 g/mol. The first-order chi connectivity index (χ1) is 9.10. The van der Waals surface area contributed by atoms with Crippen LogP contribution in [0, 0.1) is 13.8 Å². The second kappa shape index (κ2) is 6.02. The van der Waals surface area contributed by atoms with Crippen LogP contribution in [-0.4, -0.2) is 26.8 Å². The lowest BCUT2D eigenvalue weighted by Crippen LogP contribution is -2.24. The van der Waals surface area contributed by atoms with Crippen molar-refractivity contribution in [3.8, 4) is 11.5 Å². The molecule has 1 fully saturated rings. The van der Waals surface area contributed by atoms with Crippen LogP contribution in [0.2, 0.25) is 5.02 Å². The van der Waals surface area contributed by atoms with Crippen molar-refractivity contribution in [3.63, 3.8) is 0 Å². The highest BCUT2D eigenvalue weighted by Crippen LogP contribution is 2.41. The lowest BCUT2D eigenvalue weighted by Gasteiger charge is -2.21. The minimum Gasteiger partial charge on any atom is -0.496 e. The SMILES string of the molecule is COc1c(C)c(CC2CCCN2)c(OC)c(C)c1Cl. The van der Waals surface area contributed by atoms with Gasteiger partial charge in [-0.05, 0) is 45.2 Å². The Labute approximate surface area is 120 Å². The summed E-state index contributed by atoms with van der Waals surface area (Å²) in [7, 11) is 3.37. The van der Waals surface area contributed by atoms with Gasteiger partial charge in [0.1, 0.15) is 11.5 Å². The second-order valence-corrected chi connectivity index (χ2v) is 5.48. The molecule has 0 aliphatic carbocycles. The predicted octanol–water partition coefficient (Wildman–Crippen LogP) is 3.27. The Bertz CT molecular complexity index is 468. The molecule has 1 saturated heterocycles. The van der Waals surface area contributed by atoms with Gasteiger partial charge in [-0.3, -0.25) is 0 Å². The molecule has 0 saturated carbocycles. The van der Waals surface area contributed by atoms with Crippen molar-refractivity contribution in [2.75, 3.05) is 20.8 Å². The van der Waals surface area contributed by atoms with Crippen molar-refractivity contribution >= 4 is 11.6 Å². The van der Waals surface area contributed by atoms with Crippen LogP contribution >= 0.6 is 11.6 Å². The van der Waals surface area contributed by atoms with Crippen LogP contribution in [0.1, 0.15) is 29.5 Å². The standard InChI is InChI=1S/C15H22ClNO2/c1-9-12(8-11-6-5-7-17-11)14(18-3)10(2)13(16)15(9)19-4/h11,17H,5-8H2,1-4H3. The summed E-state index contributed by atoms with van der Waals surface area (Å²) < 4.78 is 11.0. The largest absolute Gasteiger partial charge is 0.496 e. The summed E-state index contributed by atoms with van der Waals surface area (Å²) in [6.07, 6.45) is 3.42. The van der Waals surface area contributed by atoms with Crippen LogP contribution in [0.3, 0.4) is 0 Å². The quantitative estimate of drug-likeness (QED) is 0.920. The van der Waals surface area contributed by atoms with Crippen molar-refractivity contribution < 1.29 is 9.47 Å². The summed E-state index contributed by atoms with van der Waals surface area (Å²) in [6.45, 7) is 5.14. The van der Waals surface area contributed by atoms with Gasteiger partial charge in [0.05, 0.1) is 19.2 Å². The molecule has 3 nitrogen and oxygen atoms in total. The number of hydrogen-bond donors (Lipinski definition) is 1. The molecule has 1 atom stereocenters. The molecule has 1 aromatic carbocycles. The third kappa shape index (κ3) is 2.67. The Balaban J connectivity index is 2.46. The fourth-order valence-corrected chi connectivity index (χ4v) is 3.22. The van der Waals surface area contributed by atoms with Gasteiger partial charge in [0.2, 0.25) is 0 Å². The van der Waals surface area contributed by atoms with E-state index in [9.17, 15) is 0 Å². The Morgan fingerprint density at radius 1 is 1.16 bits per heavy atom. The summed E-state index contributed by atoms with van der Waals surface area (Å²) >= 11 is 6.35. The Morgan fingerprint density at radius 3 is 2.37 bits per heavy atom. The van der Waals surface area contributed by atoms with Crippen LogP contribution in [0.5, 0.6) is 11.5 Å². The van der Waals surface area contributed by atoms with E-state index < -0.39 is 0 Å². The first-order valence-electron chi connectivity index (χ1n) is 6.73. The molecule has 0 aromatic heterocycles. The van der Waals surface area contributed by atoms with E-state index in [4.69, 9.17) is 21.1 Å². The number of benzene rings is 1. The van der Waals surface area contributed by atoms with Gasteiger partial charge >= 0.3 is 0 Å². The van der Waals surface area contributed by atoms with Crippen molar-refractivity contribution in [1.82, 2.24) is 5.32 Å². The molecule has 0 radical (unpaired) electrons. The van der Waals surface area contributed by atoms with Crippen LogP contribution in [0.25, 0.3) is 0 Å². The monoisotopic (exact) mass is 283 g/mol. The highest BCUT2D eigenvalue weighted by Gasteiger charge is 2.23. The topological polar surface area (TPSA) is 30.5 Å². The average Bonchev–Trinajstić information content (AvgIpc) is 2.90. The maximum absolute atomic E-state index is 6.35. The van der Waals surface area contributed by atoms with E-state index in [1.165, 1.54) is 18.4 Å². The van der Waals surface area contributed by atoms with E-state index in [1.54, 1.807) is 14.2 Å². The van der Waals surface area contributed by atoms with Crippen LogP contribution in [0.4, 0.5) is 0 Å². The van der Waals surface area contributed by atoms with Crippen LogP contribution < -0.4 is 14.8 Å². The Morgan fingerprint density at radius 2 is 1.84 bits per heavy atom. The zero-order valence-electron chi connectivity index (χ0n) is 12.1. The molecule has 1 N–H and O–H groups in total. The zero-order chi connectivity index (χ0) is 14.0. The van der Waals surface area contributed by atoms with E-state index in [1.807, 2.05) is 6.92 Å². The number of rotatable bonds is 4. The van der Waals surface area contributed by atoms with Crippen LogP contribution in [0.15, 0.2) is 0 Å². The number of halogens is 1. The predicted molar refractivity (Wildman–Crippen MR) is 78.8 cm³/mol.